The summed E-state index contributed by atoms with van der Waals surface area (Å²) in [7, 11) is 0. The van der Waals surface area contributed by atoms with Crippen molar-refractivity contribution in [3.63, 3.8) is 0 Å². The minimum atomic E-state index is -4.14. The predicted octanol–water partition coefficient (Wildman–Crippen LogP) is 3.56. The van der Waals surface area contributed by atoms with E-state index in [0.29, 0.717) is 42.7 Å². The summed E-state index contributed by atoms with van der Waals surface area (Å²) < 4.78 is 39.3. The number of fused-ring (bicyclic) bond motifs is 1. The van der Waals surface area contributed by atoms with Crippen molar-refractivity contribution in [3.05, 3.63) is 30.6 Å². The van der Waals surface area contributed by atoms with Crippen LogP contribution < -0.4 is 5.32 Å². The van der Waals surface area contributed by atoms with E-state index in [-0.39, 0.29) is 29.5 Å². The van der Waals surface area contributed by atoms with E-state index in [9.17, 15) is 18.0 Å². The number of nitrogens with zero attached hydrogens (tertiary/aromatic N) is 5. The summed E-state index contributed by atoms with van der Waals surface area (Å²) in [6.07, 6.45) is 4.05. The van der Waals surface area contributed by atoms with E-state index in [1.165, 1.54) is 12.5 Å². The molecular formula is C19H22F3N7O. The lowest BCUT2D eigenvalue weighted by atomic mass is 9.71. The van der Waals surface area contributed by atoms with Crippen LogP contribution in [0.25, 0.3) is 17.0 Å². The maximum Gasteiger partial charge on any atom is 0.389 e. The Kier molecular flexibility index (Phi) is 5.20. The molecule has 3 aromatic rings. The third-order valence-corrected chi connectivity index (χ3v) is 5.78. The number of carbonyl (C=O) groups excluding carboxylic acids is 1. The number of nitrogens with one attached hydrogen (secondary N) is 2. The van der Waals surface area contributed by atoms with Gasteiger partial charge in [-0.05, 0) is 37.5 Å². The van der Waals surface area contributed by atoms with Gasteiger partial charge in [-0.3, -0.25) is 14.5 Å². The van der Waals surface area contributed by atoms with Crippen LogP contribution in [-0.2, 0) is 0 Å². The quantitative estimate of drug-likeness (QED) is 0.656. The molecule has 1 amide bonds. The molecule has 3 aromatic heterocycles. The average Bonchev–Trinajstić information content (AvgIpc) is 3.39. The molecule has 0 spiro atoms. The highest BCUT2D eigenvalue weighted by Gasteiger charge is 2.36. The molecule has 1 fully saturated rings. The van der Waals surface area contributed by atoms with Gasteiger partial charge in [0.05, 0.1) is 6.20 Å². The van der Waals surface area contributed by atoms with E-state index in [1.807, 2.05) is 6.92 Å². The molecule has 160 valence electrons. The lowest BCUT2D eigenvalue weighted by Gasteiger charge is -2.38. The number of halogens is 3. The van der Waals surface area contributed by atoms with Crippen LogP contribution in [0.2, 0.25) is 0 Å². The molecular weight excluding hydrogens is 399 g/mol. The molecule has 8 nitrogen and oxygen atoms in total. The standard InChI is InChI=1S/C19H22F3N7O/c1-18(6-7-19(20,21)22)4-2-12(3-5-18)25-16(30)15-14-13(10-24-28-14)26-17(27-15)29-9-8-23-11-29/h8-12H,2-7H2,1H3,(H,24,28)(H,25,30). The van der Waals surface area contributed by atoms with Gasteiger partial charge >= 0.3 is 6.18 Å². The summed E-state index contributed by atoms with van der Waals surface area (Å²) >= 11 is 0. The van der Waals surface area contributed by atoms with Gasteiger partial charge in [-0.2, -0.15) is 18.3 Å². The van der Waals surface area contributed by atoms with Crippen LogP contribution in [0.15, 0.2) is 24.9 Å². The van der Waals surface area contributed by atoms with Crippen LogP contribution in [0, 0.1) is 5.41 Å². The molecule has 11 heteroatoms. The van der Waals surface area contributed by atoms with E-state index in [1.54, 1.807) is 17.0 Å². The van der Waals surface area contributed by atoms with Crippen LogP contribution in [0.4, 0.5) is 13.2 Å². The molecule has 0 saturated heterocycles. The Morgan fingerprint density at radius 3 is 2.77 bits per heavy atom. The zero-order valence-electron chi connectivity index (χ0n) is 16.4. The van der Waals surface area contributed by atoms with Gasteiger partial charge in [0, 0.05) is 24.9 Å². The van der Waals surface area contributed by atoms with E-state index in [4.69, 9.17) is 0 Å². The molecule has 1 aliphatic rings. The molecule has 0 bridgehead atoms. The first-order chi connectivity index (χ1) is 14.2. The molecule has 0 unspecified atom stereocenters. The summed E-state index contributed by atoms with van der Waals surface area (Å²) in [5.41, 5.74) is 0.757. The SMILES string of the molecule is CC1(CCC(F)(F)F)CCC(NC(=O)c2nc(-n3ccnc3)nc3cn[nH]c23)CC1. The number of imidazole rings is 1. The molecule has 1 saturated carbocycles. The second kappa shape index (κ2) is 7.69. The van der Waals surface area contributed by atoms with Crippen molar-refractivity contribution >= 4 is 16.9 Å². The van der Waals surface area contributed by atoms with Crippen LogP contribution in [0.1, 0.15) is 55.9 Å². The Morgan fingerprint density at radius 2 is 2.10 bits per heavy atom. The molecule has 30 heavy (non-hydrogen) atoms. The summed E-state index contributed by atoms with van der Waals surface area (Å²) in [5, 5.41) is 9.68. The number of hydrogen-bond acceptors (Lipinski definition) is 5. The van der Waals surface area contributed by atoms with Crippen molar-refractivity contribution in [3.8, 4) is 5.95 Å². The minimum Gasteiger partial charge on any atom is -0.348 e. The minimum absolute atomic E-state index is 0.110. The van der Waals surface area contributed by atoms with Gasteiger partial charge in [0.15, 0.2) is 5.69 Å². The van der Waals surface area contributed by atoms with Gasteiger partial charge in [0.1, 0.15) is 17.4 Å². The number of rotatable bonds is 5. The second-order valence-electron chi connectivity index (χ2n) is 8.15. The summed E-state index contributed by atoms with van der Waals surface area (Å²) in [5.74, 6) is -0.0631. The molecule has 0 aromatic carbocycles. The predicted molar refractivity (Wildman–Crippen MR) is 102 cm³/mol. The average molecular weight is 421 g/mol. The number of hydrogen-bond donors (Lipinski definition) is 2. The van der Waals surface area contributed by atoms with Crippen LogP contribution in [0.5, 0.6) is 0 Å². The molecule has 0 radical (unpaired) electrons. The maximum atomic E-state index is 12.9. The number of H-pyrrole nitrogens is 1. The Morgan fingerprint density at radius 1 is 1.33 bits per heavy atom. The van der Waals surface area contributed by atoms with E-state index in [2.05, 4.69) is 30.5 Å². The number of aromatic nitrogens is 6. The molecule has 4 rings (SSSR count). The van der Waals surface area contributed by atoms with Crippen LogP contribution >= 0.6 is 0 Å². The topological polar surface area (TPSA) is 101 Å². The van der Waals surface area contributed by atoms with Crippen molar-refractivity contribution in [2.45, 2.75) is 57.7 Å². The van der Waals surface area contributed by atoms with Gasteiger partial charge in [0.25, 0.3) is 5.91 Å². The van der Waals surface area contributed by atoms with E-state index < -0.39 is 12.6 Å². The Labute approximate surface area is 170 Å². The van der Waals surface area contributed by atoms with E-state index in [0.717, 1.165) is 0 Å². The fourth-order valence-electron chi connectivity index (χ4n) is 3.89. The zero-order chi connectivity index (χ0) is 21.4. The van der Waals surface area contributed by atoms with Gasteiger partial charge in [-0.1, -0.05) is 6.92 Å². The van der Waals surface area contributed by atoms with Gasteiger partial charge in [-0.25, -0.2) is 15.0 Å². The normalized spacial score (nSPS) is 22.3. The summed E-state index contributed by atoms with van der Waals surface area (Å²) in [6, 6.07) is -0.110. The highest BCUT2D eigenvalue weighted by atomic mass is 19.4. The van der Waals surface area contributed by atoms with Crippen molar-refractivity contribution < 1.29 is 18.0 Å². The second-order valence-corrected chi connectivity index (χ2v) is 8.15. The van der Waals surface area contributed by atoms with E-state index >= 15 is 0 Å². The molecule has 1 aliphatic carbocycles. The fourth-order valence-corrected chi connectivity index (χ4v) is 3.89. The first kappa shape index (κ1) is 20.3. The monoisotopic (exact) mass is 421 g/mol. The number of aromatic amines is 1. The Bertz CT molecular complexity index is 1020. The molecule has 3 heterocycles. The summed E-state index contributed by atoms with van der Waals surface area (Å²) in [6.45, 7) is 1.90. The van der Waals surface area contributed by atoms with Crippen molar-refractivity contribution in [1.82, 2.24) is 35.0 Å². The highest BCUT2D eigenvalue weighted by Crippen LogP contribution is 2.42. The lowest BCUT2D eigenvalue weighted by Crippen LogP contribution is -2.40. The Balaban J connectivity index is 1.45. The summed E-state index contributed by atoms with van der Waals surface area (Å²) in [4.78, 5) is 25.7. The number of alkyl halides is 3. The smallest absolute Gasteiger partial charge is 0.348 e. The first-order valence-corrected chi connectivity index (χ1v) is 9.80. The highest BCUT2D eigenvalue weighted by molar-refractivity contribution is 6.02. The van der Waals surface area contributed by atoms with Crippen LogP contribution in [0.3, 0.4) is 0 Å². The maximum absolute atomic E-state index is 12.9. The molecule has 0 aliphatic heterocycles. The third-order valence-electron chi connectivity index (χ3n) is 5.78. The first-order valence-electron chi connectivity index (χ1n) is 9.80. The molecule has 2 N–H and O–H groups in total. The van der Waals surface area contributed by atoms with Gasteiger partial charge < -0.3 is 5.32 Å². The van der Waals surface area contributed by atoms with Crippen molar-refractivity contribution in [2.75, 3.05) is 0 Å². The Hall–Kier alpha value is -2.98. The number of amides is 1. The number of carbonyl (C=O) groups is 1. The fraction of sp³-hybridized carbons (Fsp3) is 0.526. The van der Waals surface area contributed by atoms with Gasteiger partial charge in [0.2, 0.25) is 5.95 Å². The molecule has 0 atom stereocenters. The van der Waals surface area contributed by atoms with Crippen molar-refractivity contribution in [2.24, 2.45) is 5.41 Å². The zero-order valence-corrected chi connectivity index (χ0v) is 16.4. The van der Waals surface area contributed by atoms with Gasteiger partial charge in [-0.15, -0.1) is 0 Å². The van der Waals surface area contributed by atoms with Crippen molar-refractivity contribution in [1.29, 1.82) is 0 Å². The third kappa shape index (κ3) is 4.44. The van der Waals surface area contributed by atoms with Crippen LogP contribution in [-0.4, -0.2) is 47.8 Å². The lowest BCUT2D eigenvalue weighted by molar-refractivity contribution is -0.141. The largest absolute Gasteiger partial charge is 0.389 e.